The normalized spacial score (nSPS) is 12.4. The maximum atomic E-state index is 12.3. The van der Waals surface area contributed by atoms with Crippen molar-refractivity contribution in [1.29, 1.82) is 0 Å². The van der Waals surface area contributed by atoms with Gasteiger partial charge in [-0.1, -0.05) is 0 Å². The first-order chi connectivity index (χ1) is 13.3. The Balaban J connectivity index is 1.76. The molecule has 0 aromatic heterocycles. The first kappa shape index (κ1) is 19.6. The van der Waals surface area contributed by atoms with Gasteiger partial charge in [0.05, 0.1) is 26.5 Å². The van der Waals surface area contributed by atoms with Crippen molar-refractivity contribution < 1.29 is 32.2 Å². The smallest absolute Gasteiger partial charge is 0.243 e. The van der Waals surface area contributed by atoms with Crippen LogP contribution in [0.4, 0.5) is 11.4 Å². The molecule has 2 N–H and O–H groups in total. The lowest BCUT2D eigenvalue weighted by atomic mass is 10.2. The van der Waals surface area contributed by atoms with E-state index in [1.54, 1.807) is 24.3 Å². The molecule has 0 saturated heterocycles. The van der Waals surface area contributed by atoms with Gasteiger partial charge in [-0.15, -0.1) is 0 Å². The van der Waals surface area contributed by atoms with Crippen molar-refractivity contribution in [2.75, 3.05) is 44.4 Å². The van der Waals surface area contributed by atoms with Crippen LogP contribution in [0, 0.1) is 0 Å². The SMILES string of the molecule is COc1ccc(NCC(=O)Nc2ccc3c(c2)OCO3)c(S(C)(=O)=O)c1OC. The molecule has 0 spiro atoms. The molecule has 0 atom stereocenters. The van der Waals surface area contributed by atoms with Crippen LogP contribution in [0.3, 0.4) is 0 Å². The van der Waals surface area contributed by atoms with Gasteiger partial charge >= 0.3 is 0 Å². The zero-order chi connectivity index (χ0) is 20.3. The largest absolute Gasteiger partial charge is 0.493 e. The summed E-state index contributed by atoms with van der Waals surface area (Å²) in [6, 6.07) is 8.11. The number of nitrogens with one attached hydrogen (secondary N) is 2. The van der Waals surface area contributed by atoms with Crippen LogP contribution in [-0.4, -0.2) is 48.1 Å². The molecule has 1 amide bonds. The molecule has 150 valence electrons. The van der Waals surface area contributed by atoms with E-state index in [9.17, 15) is 13.2 Å². The Morgan fingerprint density at radius 2 is 1.86 bits per heavy atom. The summed E-state index contributed by atoms with van der Waals surface area (Å²) in [4.78, 5) is 12.2. The quantitative estimate of drug-likeness (QED) is 0.714. The molecule has 0 radical (unpaired) electrons. The standard InChI is InChI=1S/C18H20N2O7S/c1-24-14-7-5-12(18(17(14)25-2)28(3,22)23)19-9-16(21)20-11-4-6-13-15(8-11)27-10-26-13/h4-8,19H,9-10H2,1-3H3,(H,20,21). The summed E-state index contributed by atoms with van der Waals surface area (Å²) in [5.41, 5.74) is 0.771. The highest BCUT2D eigenvalue weighted by Gasteiger charge is 2.23. The maximum absolute atomic E-state index is 12.3. The third-order valence-corrected chi connectivity index (χ3v) is 5.11. The number of ether oxygens (including phenoxy) is 4. The van der Waals surface area contributed by atoms with Crippen LogP contribution in [0.5, 0.6) is 23.0 Å². The van der Waals surface area contributed by atoms with Crippen molar-refractivity contribution >= 4 is 27.1 Å². The highest BCUT2D eigenvalue weighted by atomic mass is 32.2. The first-order valence-electron chi connectivity index (χ1n) is 8.22. The fourth-order valence-electron chi connectivity index (χ4n) is 2.76. The van der Waals surface area contributed by atoms with E-state index < -0.39 is 9.84 Å². The van der Waals surface area contributed by atoms with Gasteiger partial charge in [0.15, 0.2) is 32.8 Å². The molecule has 10 heteroatoms. The molecular weight excluding hydrogens is 388 g/mol. The van der Waals surface area contributed by atoms with E-state index in [0.29, 0.717) is 17.2 Å². The second-order valence-electron chi connectivity index (χ2n) is 5.92. The molecule has 0 bridgehead atoms. The lowest BCUT2D eigenvalue weighted by Gasteiger charge is -2.16. The Hall–Kier alpha value is -3.14. The number of sulfone groups is 1. The number of fused-ring (bicyclic) bond motifs is 1. The number of carbonyl (C=O) groups excluding carboxylic acids is 1. The van der Waals surface area contributed by atoms with Gasteiger partial charge in [-0.05, 0) is 24.3 Å². The molecule has 9 nitrogen and oxygen atoms in total. The lowest BCUT2D eigenvalue weighted by molar-refractivity contribution is -0.114. The predicted octanol–water partition coefficient (Wildman–Crippen LogP) is 1.89. The second-order valence-corrected chi connectivity index (χ2v) is 7.87. The maximum Gasteiger partial charge on any atom is 0.243 e. The third kappa shape index (κ3) is 4.06. The molecule has 3 rings (SSSR count). The van der Waals surface area contributed by atoms with Gasteiger partial charge in [-0.3, -0.25) is 4.79 Å². The van der Waals surface area contributed by atoms with Crippen LogP contribution >= 0.6 is 0 Å². The molecule has 0 unspecified atom stereocenters. The van der Waals surface area contributed by atoms with E-state index in [1.807, 2.05) is 0 Å². The van der Waals surface area contributed by atoms with Gasteiger partial charge in [0.25, 0.3) is 0 Å². The topological polar surface area (TPSA) is 112 Å². The summed E-state index contributed by atoms with van der Waals surface area (Å²) >= 11 is 0. The number of rotatable bonds is 7. The van der Waals surface area contributed by atoms with Crippen LogP contribution in [0.25, 0.3) is 0 Å². The van der Waals surface area contributed by atoms with Gasteiger partial charge < -0.3 is 29.6 Å². The molecule has 2 aromatic carbocycles. The van der Waals surface area contributed by atoms with E-state index in [2.05, 4.69) is 10.6 Å². The van der Waals surface area contributed by atoms with Crippen LogP contribution in [0.15, 0.2) is 35.2 Å². The number of amides is 1. The third-order valence-electron chi connectivity index (χ3n) is 3.97. The lowest BCUT2D eigenvalue weighted by Crippen LogP contribution is -2.22. The fourth-order valence-corrected chi connectivity index (χ4v) is 3.82. The molecule has 0 fully saturated rings. The Bertz CT molecular complexity index is 1010. The summed E-state index contributed by atoms with van der Waals surface area (Å²) in [7, 11) is -0.890. The van der Waals surface area contributed by atoms with Gasteiger partial charge in [0.1, 0.15) is 4.90 Å². The van der Waals surface area contributed by atoms with E-state index >= 15 is 0 Å². The van der Waals surface area contributed by atoms with Gasteiger partial charge in [0, 0.05) is 18.0 Å². The van der Waals surface area contributed by atoms with Crippen LogP contribution < -0.4 is 29.6 Å². The average molecular weight is 408 g/mol. The van der Waals surface area contributed by atoms with Gasteiger partial charge in [-0.25, -0.2) is 8.42 Å². The van der Waals surface area contributed by atoms with E-state index in [1.165, 1.54) is 20.3 Å². The van der Waals surface area contributed by atoms with Crippen molar-refractivity contribution in [3.63, 3.8) is 0 Å². The van der Waals surface area contributed by atoms with Gasteiger partial charge in [-0.2, -0.15) is 0 Å². The Morgan fingerprint density at radius 3 is 2.54 bits per heavy atom. The summed E-state index contributed by atoms with van der Waals surface area (Å²) in [6.07, 6.45) is 1.06. The summed E-state index contributed by atoms with van der Waals surface area (Å²) < 4.78 is 45.3. The van der Waals surface area contributed by atoms with Gasteiger partial charge in [0.2, 0.25) is 12.7 Å². The first-order valence-corrected chi connectivity index (χ1v) is 10.1. The van der Waals surface area contributed by atoms with Crippen LogP contribution in [0.1, 0.15) is 0 Å². The van der Waals surface area contributed by atoms with Crippen molar-refractivity contribution in [3.8, 4) is 23.0 Å². The van der Waals surface area contributed by atoms with Crippen molar-refractivity contribution in [2.24, 2.45) is 0 Å². The Kier molecular flexibility index (Phi) is 5.50. The number of hydrogen-bond donors (Lipinski definition) is 2. The molecular formula is C18H20N2O7S. The second kappa shape index (κ2) is 7.85. The minimum Gasteiger partial charge on any atom is -0.493 e. The van der Waals surface area contributed by atoms with E-state index in [0.717, 1.165) is 6.26 Å². The van der Waals surface area contributed by atoms with Crippen molar-refractivity contribution in [2.45, 2.75) is 4.90 Å². The molecule has 1 aliphatic heterocycles. The average Bonchev–Trinajstić information content (AvgIpc) is 3.12. The van der Waals surface area contributed by atoms with Crippen LogP contribution in [0.2, 0.25) is 0 Å². The summed E-state index contributed by atoms with van der Waals surface area (Å²) in [5, 5.41) is 5.54. The van der Waals surface area contributed by atoms with Crippen molar-refractivity contribution in [1.82, 2.24) is 0 Å². The number of methoxy groups -OCH3 is 2. The minimum atomic E-state index is -3.65. The molecule has 2 aromatic rings. The summed E-state index contributed by atoms with van der Waals surface area (Å²) in [5.74, 6) is 1.14. The zero-order valence-electron chi connectivity index (χ0n) is 15.6. The number of carbonyl (C=O) groups is 1. The van der Waals surface area contributed by atoms with Crippen LogP contribution in [-0.2, 0) is 14.6 Å². The molecule has 1 heterocycles. The highest BCUT2D eigenvalue weighted by Crippen LogP contribution is 2.39. The van der Waals surface area contributed by atoms with Crippen molar-refractivity contribution in [3.05, 3.63) is 30.3 Å². The number of hydrogen-bond acceptors (Lipinski definition) is 8. The molecule has 0 aliphatic carbocycles. The number of anilines is 2. The summed E-state index contributed by atoms with van der Waals surface area (Å²) in [6.45, 7) is -0.0195. The predicted molar refractivity (Wildman–Crippen MR) is 102 cm³/mol. The van der Waals surface area contributed by atoms with E-state index in [4.69, 9.17) is 18.9 Å². The highest BCUT2D eigenvalue weighted by molar-refractivity contribution is 7.91. The molecule has 28 heavy (non-hydrogen) atoms. The Labute approximate surface area is 162 Å². The fraction of sp³-hybridized carbons (Fsp3) is 0.278. The Morgan fingerprint density at radius 1 is 1.11 bits per heavy atom. The molecule has 1 aliphatic rings. The van der Waals surface area contributed by atoms with E-state index in [-0.39, 0.29) is 41.3 Å². The monoisotopic (exact) mass is 408 g/mol. The molecule has 0 saturated carbocycles. The number of benzene rings is 2. The zero-order valence-corrected chi connectivity index (χ0v) is 16.4. The minimum absolute atomic E-state index is 0.0752.